The summed E-state index contributed by atoms with van der Waals surface area (Å²) in [5, 5.41) is 11.3. The summed E-state index contributed by atoms with van der Waals surface area (Å²) in [6.07, 6.45) is 2.01. The van der Waals surface area contributed by atoms with Gasteiger partial charge in [0, 0.05) is 18.4 Å². The Labute approximate surface area is 137 Å². The third kappa shape index (κ3) is 5.16. The maximum absolute atomic E-state index is 11.7. The van der Waals surface area contributed by atoms with E-state index in [4.69, 9.17) is 16.3 Å². The smallest absolute Gasteiger partial charge is 0.302 e. The van der Waals surface area contributed by atoms with Gasteiger partial charge in [-0.05, 0) is 17.7 Å². The lowest BCUT2D eigenvalue weighted by atomic mass is 10.2. The minimum atomic E-state index is -0.357. The molecule has 1 unspecified atom stereocenters. The second-order valence-electron chi connectivity index (χ2n) is 4.43. The van der Waals surface area contributed by atoms with Crippen molar-refractivity contribution in [2.24, 2.45) is 10.2 Å². The van der Waals surface area contributed by atoms with Crippen molar-refractivity contribution >= 4 is 46.6 Å². The molecule has 1 heterocycles. The van der Waals surface area contributed by atoms with Crippen LogP contribution in [-0.2, 0) is 14.3 Å². The quantitative estimate of drug-likeness (QED) is 0.506. The van der Waals surface area contributed by atoms with Gasteiger partial charge in [0.2, 0.25) is 5.91 Å². The number of carbonyl (C=O) groups excluding carboxylic acids is 2. The fourth-order valence-corrected chi connectivity index (χ4v) is 2.68. The number of thioether (sulfide) groups is 1. The van der Waals surface area contributed by atoms with E-state index in [1.165, 1.54) is 18.7 Å². The van der Waals surface area contributed by atoms with Gasteiger partial charge in [-0.15, -0.1) is 5.10 Å². The van der Waals surface area contributed by atoms with Crippen molar-refractivity contribution in [1.82, 2.24) is 5.32 Å². The maximum Gasteiger partial charge on any atom is 0.302 e. The molecule has 0 aliphatic carbocycles. The van der Waals surface area contributed by atoms with Crippen LogP contribution in [0, 0.1) is 0 Å². The number of nitrogens with one attached hydrogen (secondary N) is 1. The molecule has 1 aliphatic rings. The molecular weight excluding hydrogens is 326 g/mol. The molecule has 1 aliphatic heterocycles. The fourth-order valence-electron chi connectivity index (χ4n) is 1.65. The van der Waals surface area contributed by atoms with Crippen LogP contribution in [0.3, 0.4) is 0 Å². The maximum atomic E-state index is 11.7. The number of amidine groups is 1. The van der Waals surface area contributed by atoms with Gasteiger partial charge in [-0.2, -0.15) is 5.10 Å². The predicted octanol–water partition coefficient (Wildman–Crippen LogP) is 2.21. The van der Waals surface area contributed by atoms with Gasteiger partial charge in [0.25, 0.3) is 0 Å². The molecule has 0 bridgehead atoms. The largest absolute Gasteiger partial charge is 0.466 e. The minimum absolute atomic E-state index is 0.155. The van der Waals surface area contributed by atoms with E-state index in [-0.39, 0.29) is 23.7 Å². The molecular formula is C14H14ClN3O3S. The number of halogens is 1. The van der Waals surface area contributed by atoms with Crippen LogP contribution in [0.25, 0.3) is 0 Å². The van der Waals surface area contributed by atoms with E-state index in [0.29, 0.717) is 16.6 Å². The van der Waals surface area contributed by atoms with E-state index in [1.54, 1.807) is 18.3 Å². The molecule has 0 saturated carbocycles. The summed E-state index contributed by atoms with van der Waals surface area (Å²) < 4.78 is 4.82. The molecule has 8 heteroatoms. The van der Waals surface area contributed by atoms with Gasteiger partial charge in [-0.1, -0.05) is 35.5 Å². The van der Waals surface area contributed by atoms with Crippen LogP contribution in [0.4, 0.5) is 0 Å². The van der Waals surface area contributed by atoms with Crippen molar-refractivity contribution in [2.45, 2.75) is 18.6 Å². The lowest BCUT2D eigenvalue weighted by molar-refractivity contribution is -0.141. The van der Waals surface area contributed by atoms with E-state index >= 15 is 0 Å². The average Bonchev–Trinajstić information content (AvgIpc) is 2.81. The summed E-state index contributed by atoms with van der Waals surface area (Å²) in [6, 6.07) is 7.14. The summed E-state index contributed by atoms with van der Waals surface area (Å²) in [5.74, 6) is -0.512. The van der Waals surface area contributed by atoms with Crippen molar-refractivity contribution < 1.29 is 14.3 Å². The van der Waals surface area contributed by atoms with E-state index < -0.39 is 0 Å². The molecule has 0 aromatic heterocycles. The Morgan fingerprint density at radius 2 is 2.18 bits per heavy atom. The van der Waals surface area contributed by atoms with Crippen molar-refractivity contribution in [3.63, 3.8) is 0 Å². The molecule has 2 rings (SSSR count). The van der Waals surface area contributed by atoms with E-state index in [0.717, 1.165) is 5.56 Å². The number of hydrogen-bond acceptors (Lipinski definition) is 6. The second-order valence-corrected chi connectivity index (χ2v) is 6.05. The zero-order chi connectivity index (χ0) is 15.9. The van der Waals surface area contributed by atoms with Crippen LogP contribution < -0.4 is 5.32 Å². The molecule has 6 nitrogen and oxygen atoms in total. The first-order valence-corrected chi connectivity index (χ1v) is 7.78. The summed E-state index contributed by atoms with van der Waals surface area (Å²) in [5.41, 5.74) is 0.856. The van der Waals surface area contributed by atoms with Gasteiger partial charge in [-0.25, -0.2) is 0 Å². The molecule has 1 fully saturated rings. The van der Waals surface area contributed by atoms with Crippen LogP contribution in [0.2, 0.25) is 5.02 Å². The molecule has 0 radical (unpaired) electrons. The van der Waals surface area contributed by atoms with Gasteiger partial charge in [0.05, 0.1) is 18.1 Å². The zero-order valence-electron chi connectivity index (χ0n) is 11.8. The molecule has 1 aromatic carbocycles. The third-order valence-corrected chi connectivity index (χ3v) is 4.08. The first-order valence-electron chi connectivity index (χ1n) is 6.52. The SMILES string of the molecule is CC(=O)OCCC1S/C(=N/N=C/c2ccc(Cl)cc2)NC1=O. The van der Waals surface area contributed by atoms with Crippen LogP contribution in [-0.4, -0.2) is 35.1 Å². The van der Waals surface area contributed by atoms with Gasteiger partial charge >= 0.3 is 5.97 Å². The summed E-state index contributed by atoms with van der Waals surface area (Å²) in [7, 11) is 0. The average molecular weight is 340 g/mol. The van der Waals surface area contributed by atoms with Gasteiger partial charge in [0.1, 0.15) is 0 Å². The number of carbonyl (C=O) groups is 2. The summed E-state index contributed by atoms with van der Waals surface area (Å²) >= 11 is 7.06. The number of ether oxygens (including phenoxy) is 1. The molecule has 1 N–H and O–H groups in total. The highest BCUT2D eigenvalue weighted by Gasteiger charge is 2.30. The van der Waals surface area contributed by atoms with Crippen LogP contribution in [0.1, 0.15) is 18.9 Å². The number of amides is 1. The Morgan fingerprint density at radius 3 is 2.86 bits per heavy atom. The normalized spacial score (nSPS) is 19.6. The van der Waals surface area contributed by atoms with Gasteiger partial charge in [-0.3, -0.25) is 9.59 Å². The molecule has 116 valence electrons. The van der Waals surface area contributed by atoms with Crippen molar-refractivity contribution in [1.29, 1.82) is 0 Å². The Bertz CT molecular complexity index is 616. The number of esters is 1. The lowest BCUT2D eigenvalue weighted by Crippen LogP contribution is -2.25. The first-order chi connectivity index (χ1) is 10.5. The highest BCUT2D eigenvalue weighted by molar-refractivity contribution is 8.15. The highest BCUT2D eigenvalue weighted by Crippen LogP contribution is 2.22. The molecule has 22 heavy (non-hydrogen) atoms. The molecule has 1 amide bonds. The molecule has 0 spiro atoms. The van der Waals surface area contributed by atoms with Gasteiger partial charge < -0.3 is 10.1 Å². The van der Waals surface area contributed by atoms with E-state index in [1.807, 2.05) is 12.1 Å². The molecule has 1 atom stereocenters. The first kappa shape index (κ1) is 16.5. The summed E-state index contributed by atoms with van der Waals surface area (Å²) in [4.78, 5) is 22.4. The van der Waals surface area contributed by atoms with Crippen molar-refractivity contribution in [3.8, 4) is 0 Å². The topological polar surface area (TPSA) is 80.1 Å². The van der Waals surface area contributed by atoms with Crippen LogP contribution in [0.15, 0.2) is 34.5 Å². The molecule has 1 aromatic rings. The Kier molecular flexibility index (Phi) is 5.97. The predicted molar refractivity (Wildman–Crippen MR) is 87.3 cm³/mol. The standard InChI is InChI=1S/C14H14ClN3O3S/c1-9(19)21-7-6-12-13(20)17-14(22-12)18-16-8-10-2-4-11(15)5-3-10/h2-5,8,12H,6-7H2,1H3,(H,17,18,20)/b16-8+. The van der Waals surface area contributed by atoms with Gasteiger partial charge in [0.15, 0.2) is 5.17 Å². The Morgan fingerprint density at radius 1 is 1.45 bits per heavy atom. The lowest BCUT2D eigenvalue weighted by Gasteiger charge is -2.04. The van der Waals surface area contributed by atoms with Crippen molar-refractivity contribution in [3.05, 3.63) is 34.9 Å². The molecule has 1 saturated heterocycles. The minimum Gasteiger partial charge on any atom is -0.466 e. The van der Waals surface area contributed by atoms with Crippen LogP contribution >= 0.6 is 23.4 Å². The Hall–Kier alpha value is -1.86. The van der Waals surface area contributed by atoms with E-state index in [2.05, 4.69) is 15.5 Å². The third-order valence-electron chi connectivity index (χ3n) is 2.69. The van der Waals surface area contributed by atoms with Crippen molar-refractivity contribution in [2.75, 3.05) is 6.61 Å². The number of benzene rings is 1. The number of rotatable bonds is 5. The number of hydrogen-bond donors (Lipinski definition) is 1. The highest BCUT2D eigenvalue weighted by atomic mass is 35.5. The fraction of sp³-hybridized carbons (Fsp3) is 0.286. The monoisotopic (exact) mass is 339 g/mol. The number of nitrogens with zero attached hydrogens (tertiary/aromatic N) is 2. The van der Waals surface area contributed by atoms with Crippen LogP contribution in [0.5, 0.6) is 0 Å². The van der Waals surface area contributed by atoms with E-state index in [9.17, 15) is 9.59 Å². The second kappa shape index (κ2) is 7.95. The Balaban J connectivity index is 1.86. The zero-order valence-corrected chi connectivity index (χ0v) is 13.4. The summed E-state index contributed by atoms with van der Waals surface area (Å²) in [6.45, 7) is 1.54.